The summed E-state index contributed by atoms with van der Waals surface area (Å²) >= 11 is 0. The standard InChI is InChI=1S/C49H60N6O12/c1-35(64-31-36-18-6-2-7-19-36)43(46(60)53-40(44(58)52-30-42(56)57)26-14-16-28-50-47(61)65-32-37-20-8-3-9-21-37)55-45(59)41(54-49(63)67-34-39-24-12-5-13-25-39)27-15-17-29-51-48(62)66-33-38-22-10-4-11-23-38/h2-13,18-25,35,40-41,43H,14-17,26-34H2,1H3,(H,50,61)(H,51,62)(H,52,58)(H,53,60)(H,54,63)(H,55,59)(H,56,57)/t35-,40+,41+,43+/m1/s1. The van der Waals surface area contributed by atoms with Gasteiger partial charge in [0, 0.05) is 13.1 Å². The maximum atomic E-state index is 14.2. The van der Waals surface area contributed by atoms with Gasteiger partial charge in [-0.15, -0.1) is 0 Å². The van der Waals surface area contributed by atoms with Gasteiger partial charge in [-0.2, -0.15) is 0 Å². The lowest BCUT2D eigenvalue weighted by Gasteiger charge is -2.29. The van der Waals surface area contributed by atoms with Crippen LogP contribution in [0.1, 0.15) is 67.7 Å². The van der Waals surface area contributed by atoms with Gasteiger partial charge in [-0.05, 0) is 67.7 Å². The Balaban J connectivity index is 1.43. The Labute approximate surface area is 389 Å². The third-order valence-electron chi connectivity index (χ3n) is 10.1. The summed E-state index contributed by atoms with van der Waals surface area (Å²) in [6.45, 7) is 1.38. The zero-order valence-corrected chi connectivity index (χ0v) is 37.5. The molecule has 67 heavy (non-hydrogen) atoms. The number of carboxylic acid groups (broad SMARTS) is 1. The minimum Gasteiger partial charge on any atom is -0.480 e. The fourth-order valence-corrected chi connectivity index (χ4v) is 6.42. The van der Waals surface area contributed by atoms with Crippen molar-refractivity contribution in [3.63, 3.8) is 0 Å². The van der Waals surface area contributed by atoms with Gasteiger partial charge in [0.15, 0.2) is 0 Å². The van der Waals surface area contributed by atoms with Crippen molar-refractivity contribution >= 4 is 42.0 Å². The lowest BCUT2D eigenvalue weighted by atomic mass is 10.0. The second-order valence-corrected chi connectivity index (χ2v) is 15.4. The van der Waals surface area contributed by atoms with Crippen molar-refractivity contribution in [2.24, 2.45) is 0 Å². The Morgan fingerprint density at radius 1 is 0.463 bits per heavy atom. The molecule has 0 aliphatic heterocycles. The van der Waals surface area contributed by atoms with E-state index in [1.807, 2.05) is 97.1 Å². The maximum Gasteiger partial charge on any atom is 0.408 e. The summed E-state index contributed by atoms with van der Waals surface area (Å²) in [5.41, 5.74) is 3.13. The molecule has 4 rings (SSSR count). The van der Waals surface area contributed by atoms with Gasteiger partial charge in [0.2, 0.25) is 17.7 Å². The average Bonchev–Trinajstić information content (AvgIpc) is 3.34. The largest absolute Gasteiger partial charge is 0.480 e. The molecule has 0 radical (unpaired) electrons. The molecule has 0 aromatic heterocycles. The van der Waals surface area contributed by atoms with E-state index >= 15 is 0 Å². The number of rotatable bonds is 28. The predicted octanol–water partition coefficient (Wildman–Crippen LogP) is 5.25. The van der Waals surface area contributed by atoms with Crippen LogP contribution in [0.5, 0.6) is 0 Å². The van der Waals surface area contributed by atoms with Crippen molar-refractivity contribution in [2.45, 2.75) is 96.1 Å². The predicted molar refractivity (Wildman–Crippen MR) is 246 cm³/mol. The molecular formula is C49H60N6O12. The van der Waals surface area contributed by atoms with Crippen molar-refractivity contribution < 1.29 is 57.6 Å². The SMILES string of the molecule is C[C@@H](OCc1ccccc1)[C@H](NC(=O)[C@H](CCCCNC(=O)OCc1ccccc1)NC(=O)OCc1ccccc1)C(=O)N[C@@H](CCCCNC(=O)OCc1ccccc1)C(=O)NCC(=O)O. The molecule has 0 aliphatic carbocycles. The quantitative estimate of drug-likeness (QED) is 0.0285. The van der Waals surface area contributed by atoms with Gasteiger partial charge in [0.1, 0.15) is 44.5 Å². The topological polar surface area (TPSA) is 249 Å². The zero-order chi connectivity index (χ0) is 48.1. The normalized spacial score (nSPS) is 12.4. The highest BCUT2D eigenvalue weighted by Crippen LogP contribution is 2.12. The maximum absolute atomic E-state index is 14.2. The van der Waals surface area contributed by atoms with Crippen molar-refractivity contribution in [2.75, 3.05) is 19.6 Å². The van der Waals surface area contributed by atoms with Gasteiger partial charge >= 0.3 is 24.2 Å². The van der Waals surface area contributed by atoms with Gasteiger partial charge in [0.25, 0.3) is 0 Å². The van der Waals surface area contributed by atoms with E-state index in [-0.39, 0.29) is 52.4 Å². The molecule has 0 spiro atoms. The Hall–Kier alpha value is -7.47. The fraction of sp³-hybridized carbons (Fsp3) is 0.367. The summed E-state index contributed by atoms with van der Waals surface area (Å²) in [6, 6.07) is 32.4. The van der Waals surface area contributed by atoms with Crippen molar-refractivity contribution in [3.8, 4) is 0 Å². The molecule has 6 amide bonds. The first-order valence-electron chi connectivity index (χ1n) is 22.1. The number of nitrogens with one attached hydrogen (secondary N) is 6. The molecule has 0 bridgehead atoms. The van der Waals surface area contributed by atoms with Crippen LogP contribution in [0.3, 0.4) is 0 Å². The van der Waals surface area contributed by atoms with Gasteiger partial charge < -0.3 is 56.0 Å². The molecule has 0 saturated heterocycles. The molecule has 0 fully saturated rings. The molecule has 0 saturated carbocycles. The van der Waals surface area contributed by atoms with E-state index in [4.69, 9.17) is 18.9 Å². The third kappa shape index (κ3) is 21.4. The van der Waals surface area contributed by atoms with E-state index in [1.54, 1.807) is 31.2 Å². The summed E-state index contributed by atoms with van der Waals surface area (Å²) in [7, 11) is 0. The van der Waals surface area contributed by atoms with Gasteiger partial charge in [0.05, 0.1) is 12.7 Å². The Morgan fingerprint density at radius 3 is 1.30 bits per heavy atom. The Kier molecular flexibility index (Phi) is 23.3. The number of ether oxygens (including phenoxy) is 4. The van der Waals surface area contributed by atoms with Crippen LogP contribution in [-0.4, -0.2) is 90.9 Å². The number of alkyl carbamates (subject to hydrolysis) is 3. The molecule has 4 atom stereocenters. The Morgan fingerprint density at radius 2 is 0.866 bits per heavy atom. The number of unbranched alkanes of at least 4 members (excludes halogenated alkanes) is 2. The summed E-state index contributed by atoms with van der Waals surface area (Å²) < 4.78 is 22.0. The van der Waals surface area contributed by atoms with Crippen LogP contribution in [-0.2, 0) is 64.6 Å². The van der Waals surface area contributed by atoms with E-state index in [9.17, 15) is 38.7 Å². The molecule has 4 aromatic carbocycles. The lowest BCUT2D eigenvalue weighted by molar-refractivity contribution is -0.139. The average molecular weight is 925 g/mol. The van der Waals surface area contributed by atoms with E-state index in [2.05, 4.69) is 31.9 Å². The molecular weight excluding hydrogens is 865 g/mol. The molecule has 0 unspecified atom stereocenters. The van der Waals surface area contributed by atoms with Crippen molar-refractivity contribution in [1.82, 2.24) is 31.9 Å². The molecule has 7 N–H and O–H groups in total. The van der Waals surface area contributed by atoms with Gasteiger partial charge in [-0.3, -0.25) is 19.2 Å². The first-order chi connectivity index (χ1) is 32.5. The number of carbonyl (C=O) groups is 7. The molecule has 0 heterocycles. The molecule has 4 aromatic rings. The van der Waals surface area contributed by atoms with Crippen LogP contribution in [0.4, 0.5) is 14.4 Å². The second kappa shape index (κ2) is 29.9. The highest BCUT2D eigenvalue weighted by Gasteiger charge is 2.34. The van der Waals surface area contributed by atoms with Crippen LogP contribution in [0.25, 0.3) is 0 Å². The van der Waals surface area contributed by atoms with Crippen LogP contribution in [0.15, 0.2) is 121 Å². The molecule has 18 heteroatoms. The van der Waals surface area contributed by atoms with Crippen LogP contribution < -0.4 is 31.9 Å². The van der Waals surface area contributed by atoms with Gasteiger partial charge in [-0.25, -0.2) is 14.4 Å². The first kappa shape index (κ1) is 52.2. The molecule has 18 nitrogen and oxygen atoms in total. The summed E-state index contributed by atoms with van der Waals surface area (Å²) in [6.07, 6.45) is -1.66. The number of carboxylic acids is 1. The lowest BCUT2D eigenvalue weighted by Crippen LogP contribution is -2.60. The monoisotopic (exact) mass is 924 g/mol. The Bertz CT molecular complexity index is 2130. The van der Waals surface area contributed by atoms with E-state index in [1.165, 1.54) is 0 Å². The summed E-state index contributed by atoms with van der Waals surface area (Å²) in [4.78, 5) is 90.7. The highest BCUT2D eigenvalue weighted by atomic mass is 16.6. The van der Waals surface area contributed by atoms with E-state index in [0.717, 1.165) is 16.7 Å². The number of hydrogen-bond acceptors (Lipinski definition) is 11. The van der Waals surface area contributed by atoms with E-state index in [0.29, 0.717) is 31.2 Å². The summed E-state index contributed by atoms with van der Waals surface area (Å²) in [5.74, 6) is -3.67. The molecule has 0 aliphatic rings. The smallest absolute Gasteiger partial charge is 0.408 e. The zero-order valence-electron chi connectivity index (χ0n) is 37.5. The van der Waals surface area contributed by atoms with Crippen LogP contribution in [0, 0.1) is 0 Å². The number of carbonyl (C=O) groups excluding carboxylic acids is 6. The van der Waals surface area contributed by atoms with E-state index < -0.39 is 72.7 Å². The fourth-order valence-electron chi connectivity index (χ4n) is 6.42. The highest BCUT2D eigenvalue weighted by molar-refractivity contribution is 5.94. The second-order valence-electron chi connectivity index (χ2n) is 15.4. The first-order valence-corrected chi connectivity index (χ1v) is 22.1. The van der Waals surface area contributed by atoms with Crippen molar-refractivity contribution in [1.29, 1.82) is 0 Å². The minimum atomic E-state index is -1.43. The number of amides is 6. The van der Waals surface area contributed by atoms with Crippen molar-refractivity contribution in [3.05, 3.63) is 144 Å². The van der Waals surface area contributed by atoms with Crippen LogP contribution in [0.2, 0.25) is 0 Å². The minimum absolute atomic E-state index is 0.0309. The number of aliphatic carboxylic acids is 1. The number of hydrogen-bond donors (Lipinski definition) is 7. The molecule has 358 valence electrons. The van der Waals surface area contributed by atoms with Gasteiger partial charge in [-0.1, -0.05) is 121 Å². The van der Waals surface area contributed by atoms with Crippen LogP contribution >= 0.6 is 0 Å². The number of benzene rings is 4. The summed E-state index contributed by atoms with van der Waals surface area (Å²) in [5, 5.41) is 24.8. The third-order valence-corrected chi connectivity index (χ3v) is 10.1.